The molecule has 0 aliphatic heterocycles. The molecule has 0 saturated heterocycles. The van der Waals surface area contributed by atoms with Crippen LogP contribution in [0.1, 0.15) is 39.0 Å². The average molecular weight is 284 g/mol. The first-order valence-electron chi connectivity index (χ1n) is 7.56. The van der Waals surface area contributed by atoms with Crippen LogP contribution in [0.5, 0.6) is 0 Å². The largest absolute Gasteiger partial charge is 0.383 e. The second-order valence-electron chi connectivity index (χ2n) is 5.02. The number of hydrogen-bond acceptors (Lipinski definition) is 3. The van der Waals surface area contributed by atoms with Gasteiger partial charge in [0.25, 0.3) is 0 Å². The Balaban J connectivity index is 2.30. The molecule has 0 aromatic heterocycles. The summed E-state index contributed by atoms with van der Waals surface area (Å²) in [4.78, 5) is 16.1. The molecule has 1 aliphatic carbocycles. The molecule has 6 heteroatoms. The van der Waals surface area contributed by atoms with Crippen molar-refractivity contribution in [3.05, 3.63) is 0 Å². The second kappa shape index (κ2) is 10.5. The summed E-state index contributed by atoms with van der Waals surface area (Å²) in [6.45, 7) is 4.21. The van der Waals surface area contributed by atoms with Gasteiger partial charge in [0.05, 0.1) is 6.61 Å². The highest BCUT2D eigenvalue weighted by molar-refractivity contribution is 5.85. The Kier molecular flexibility index (Phi) is 8.78. The summed E-state index contributed by atoms with van der Waals surface area (Å²) < 4.78 is 4.97. The second-order valence-corrected chi connectivity index (χ2v) is 5.02. The molecular weight excluding hydrogens is 256 g/mol. The van der Waals surface area contributed by atoms with Crippen molar-refractivity contribution in [3.63, 3.8) is 0 Å². The van der Waals surface area contributed by atoms with E-state index in [1.54, 1.807) is 7.11 Å². The first-order chi connectivity index (χ1) is 9.76. The van der Waals surface area contributed by atoms with Crippen LogP contribution in [0, 0.1) is 0 Å². The van der Waals surface area contributed by atoms with Crippen molar-refractivity contribution in [1.29, 1.82) is 0 Å². The van der Waals surface area contributed by atoms with Gasteiger partial charge in [0.2, 0.25) is 5.91 Å². The highest BCUT2D eigenvalue weighted by Gasteiger charge is 2.15. The number of ether oxygens (including phenoxy) is 1. The van der Waals surface area contributed by atoms with Gasteiger partial charge in [-0.3, -0.25) is 4.79 Å². The number of amides is 1. The summed E-state index contributed by atoms with van der Waals surface area (Å²) in [7, 11) is 1.66. The molecule has 0 heterocycles. The van der Waals surface area contributed by atoms with Crippen LogP contribution < -0.4 is 16.0 Å². The standard InChI is InChI=1S/C14H28N4O2/c1-3-15-14(16-9-10-20-2)17-11-13(19)18-12-7-5-4-6-8-12/h12H,3-11H2,1-2H3,(H,18,19)(H2,15,16,17). The van der Waals surface area contributed by atoms with E-state index in [1.807, 2.05) is 6.92 Å². The van der Waals surface area contributed by atoms with Crippen LogP contribution in [0.4, 0.5) is 0 Å². The number of methoxy groups -OCH3 is 1. The van der Waals surface area contributed by atoms with Gasteiger partial charge >= 0.3 is 0 Å². The van der Waals surface area contributed by atoms with Crippen molar-refractivity contribution in [2.75, 3.05) is 33.4 Å². The minimum absolute atomic E-state index is 0.000782. The molecule has 0 aromatic carbocycles. The highest BCUT2D eigenvalue weighted by atomic mass is 16.5. The van der Waals surface area contributed by atoms with Gasteiger partial charge in [0.1, 0.15) is 6.54 Å². The lowest BCUT2D eigenvalue weighted by Gasteiger charge is -2.22. The van der Waals surface area contributed by atoms with Gasteiger partial charge in [-0.15, -0.1) is 0 Å². The van der Waals surface area contributed by atoms with Crippen LogP contribution in [0.15, 0.2) is 4.99 Å². The zero-order valence-electron chi connectivity index (χ0n) is 12.7. The maximum Gasteiger partial charge on any atom is 0.242 e. The van der Waals surface area contributed by atoms with Crippen LogP contribution >= 0.6 is 0 Å². The van der Waals surface area contributed by atoms with Gasteiger partial charge in [0.15, 0.2) is 5.96 Å². The van der Waals surface area contributed by atoms with Crippen molar-refractivity contribution in [2.24, 2.45) is 4.99 Å². The molecule has 0 radical (unpaired) electrons. The normalized spacial score (nSPS) is 16.8. The van der Waals surface area contributed by atoms with E-state index in [-0.39, 0.29) is 12.5 Å². The first-order valence-corrected chi connectivity index (χ1v) is 7.56. The molecule has 3 N–H and O–H groups in total. The maximum absolute atomic E-state index is 11.9. The predicted octanol–water partition coefficient (Wildman–Crippen LogP) is 0.637. The fourth-order valence-electron chi connectivity index (χ4n) is 2.28. The molecule has 0 spiro atoms. The lowest BCUT2D eigenvalue weighted by molar-refractivity contribution is -0.120. The van der Waals surface area contributed by atoms with Gasteiger partial charge in [-0.1, -0.05) is 19.3 Å². The molecule has 0 atom stereocenters. The number of carbonyl (C=O) groups excluding carboxylic acids is 1. The van der Waals surface area contributed by atoms with Crippen LogP contribution in [-0.4, -0.2) is 51.3 Å². The molecule has 0 unspecified atom stereocenters. The van der Waals surface area contributed by atoms with E-state index in [0.717, 1.165) is 19.4 Å². The Morgan fingerprint density at radius 2 is 2.00 bits per heavy atom. The maximum atomic E-state index is 11.9. The number of nitrogens with one attached hydrogen (secondary N) is 3. The van der Waals surface area contributed by atoms with Crippen molar-refractivity contribution >= 4 is 11.9 Å². The van der Waals surface area contributed by atoms with Crippen molar-refractivity contribution in [1.82, 2.24) is 16.0 Å². The van der Waals surface area contributed by atoms with E-state index in [4.69, 9.17) is 4.74 Å². The Morgan fingerprint density at radius 1 is 1.25 bits per heavy atom. The molecular formula is C14H28N4O2. The molecule has 116 valence electrons. The van der Waals surface area contributed by atoms with E-state index in [2.05, 4.69) is 20.9 Å². The fourth-order valence-corrected chi connectivity index (χ4v) is 2.28. The van der Waals surface area contributed by atoms with Crippen molar-refractivity contribution < 1.29 is 9.53 Å². The summed E-state index contributed by atoms with van der Waals surface area (Å²) in [5, 5.41) is 9.28. The molecule has 0 bridgehead atoms. The number of aliphatic imine (C=N–C) groups is 1. The summed E-state index contributed by atoms with van der Waals surface area (Å²) in [5.74, 6) is 0.657. The number of guanidine groups is 1. The molecule has 1 fully saturated rings. The van der Waals surface area contributed by atoms with E-state index in [1.165, 1.54) is 19.3 Å². The number of nitrogens with zero attached hydrogens (tertiary/aromatic N) is 1. The molecule has 6 nitrogen and oxygen atoms in total. The number of carbonyl (C=O) groups is 1. The first kappa shape index (κ1) is 16.8. The third-order valence-electron chi connectivity index (χ3n) is 3.29. The topological polar surface area (TPSA) is 74.8 Å². The lowest BCUT2D eigenvalue weighted by Crippen LogP contribution is -2.41. The molecule has 1 rings (SSSR count). The van der Waals surface area contributed by atoms with Crippen LogP contribution in [0.25, 0.3) is 0 Å². The predicted molar refractivity (Wildman–Crippen MR) is 80.9 cm³/mol. The molecule has 1 saturated carbocycles. The fraction of sp³-hybridized carbons (Fsp3) is 0.857. The van der Waals surface area contributed by atoms with E-state index in [0.29, 0.717) is 25.2 Å². The van der Waals surface area contributed by atoms with Gasteiger partial charge in [0, 0.05) is 26.2 Å². The zero-order valence-corrected chi connectivity index (χ0v) is 12.7. The van der Waals surface area contributed by atoms with Gasteiger partial charge in [-0.25, -0.2) is 4.99 Å². The van der Waals surface area contributed by atoms with Crippen molar-refractivity contribution in [3.8, 4) is 0 Å². The molecule has 20 heavy (non-hydrogen) atoms. The quantitative estimate of drug-likeness (QED) is 0.364. The third-order valence-corrected chi connectivity index (χ3v) is 3.29. The van der Waals surface area contributed by atoms with Crippen LogP contribution in [-0.2, 0) is 9.53 Å². The molecule has 1 aliphatic rings. The molecule has 0 aromatic rings. The van der Waals surface area contributed by atoms with E-state index in [9.17, 15) is 4.79 Å². The average Bonchev–Trinajstić information content (AvgIpc) is 2.46. The lowest BCUT2D eigenvalue weighted by atomic mass is 9.95. The number of hydrogen-bond donors (Lipinski definition) is 3. The van der Waals surface area contributed by atoms with Gasteiger partial charge in [-0.05, 0) is 19.8 Å². The smallest absolute Gasteiger partial charge is 0.242 e. The van der Waals surface area contributed by atoms with Crippen LogP contribution in [0.2, 0.25) is 0 Å². The Bertz CT molecular complexity index is 302. The third kappa shape index (κ3) is 7.33. The zero-order chi connectivity index (χ0) is 14.6. The van der Waals surface area contributed by atoms with Gasteiger partial charge in [-0.2, -0.15) is 0 Å². The Morgan fingerprint density at radius 3 is 2.65 bits per heavy atom. The summed E-state index contributed by atoms with van der Waals surface area (Å²) in [5.41, 5.74) is 0. The minimum Gasteiger partial charge on any atom is -0.383 e. The minimum atomic E-state index is 0.000782. The Labute approximate surface area is 121 Å². The van der Waals surface area contributed by atoms with Crippen molar-refractivity contribution in [2.45, 2.75) is 45.1 Å². The summed E-state index contributed by atoms with van der Waals surface area (Å²) in [6.07, 6.45) is 5.92. The summed E-state index contributed by atoms with van der Waals surface area (Å²) in [6, 6.07) is 0.343. The Hall–Kier alpha value is -1.30. The van der Waals surface area contributed by atoms with Crippen LogP contribution in [0.3, 0.4) is 0 Å². The highest BCUT2D eigenvalue weighted by Crippen LogP contribution is 2.17. The monoisotopic (exact) mass is 284 g/mol. The van der Waals surface area contributed by atoms with E-state index >= 15 is 0 Å². The number of rotatable bonds is 7. The summed E-state index contributed by atoms with van der Waals surface area (Å²) >= 11 is 0. The van der Waals surface area contributed by atoms with E-state index < -0.39 is 0 Å². The SMILES string of the molecule is CCNC(=NCC(=O)NC1CCCCC1)NCCOC. The van der Waals surface area contributed by atoms with Gasteiger partial charge < -0.3 is 20.7 Å². The molecule has 1 amide bonds.